The van der Waals surface area contributed by atoms with Crippen LogP contribution in [0.2, 0.25) is 0 Å². The number of rotatable bonds is 4. The van der Waals surface area contributed by atoms with Crippen molar-refractivity contribution < 1.29 is 9.21 Å². The zero-order valence-electron chi connectivity index (χ0n) is 8.34. The van der Waals surface area contributed by atoms with Crippen LogP contribution in [0, 0.1) is 0 Å². The minimum absolute atomic E-state index is 0.156. The maximum absolute atomic E-state index is 11.5. The van der Waals surface area contributed by atoms with Crippen molar-refractivity contribution in [2.24, 2.45) is 0 Å². The van der Waals surface area contributed by atoms with Gasteiger partial charge in [-0.25, -0.2) is 0 Å². The highest BCUT2D eigenvalue weighted by atomic mass is 79.9. The highest BCUT2D eigenvalue weighted by Gasteiger charge is 2.10. The molecule has 1 heterocycles. The summed E-state index contributed by atoms with van der Waals surface area (Å²) in [7, 11) is 0. The lowest BCUT2D eigenvalue weighted by Gasteiger charge is -2.03. The Morgan fingerprint density at radius 2 is 2.36 bits per heavy atom. The number of hydrogen-bond acceptors (Lipinski definition) is 2. The lowest BCUT2D eigenvalue weighted by Crippen LogP contribution is -2.27. The number of furan rings is 1. The van der Waals surface area contributed by atoms with Gasteiger partial charge >= 0.3 is 0 Å². The third-order valence-electron chi connectivity index (χ3n) is 1.78. The van der Waals surface area contributed by atoms with E-state index in [0.29, 0.717) is 12.3 Å². The maximum Gasteiger partial charge on any atom is 0.287 e. The minimum atomic E-state index is -0.156. The number of hydrogen-bond donors (Lipinski definition) is 1. The van der Waals surface area contributed by atoms with Crippen LogP contribution in [-0.2, 0) is 6.42 Å². The van der Waals surface area contributed by atoms with E-state index >= 15 is 0 Å². The summed E-state index contributed by atoms with van der Waals surface area (Å²) >= 11 is 3.35. The van der Waals surface area contributed by atoms with Gasteiger partial charge in [0.25, 0.3) is 5.91 Å². The molecule has 0 saturated heterocycles. The molecule has 0 radical (unpaired) electrons. The van der Waals surface area contributed by atoms with E-state index in [-0.39, 0.29) is 10.7 Å². The highest BCUT2D eigenvalue weighted by molar-refractivity contribution is 9.09. The number of alkyl halides is 1. The van der Waals surface area contributed by atoms with E-state index in [4.69, 9.17) is 4.42 Å². The Morgan fingerprint density at radius 3 is 2.86 bits per heavy atom. The number of carbonyl (C=O) groups excluding carboxylic acids is 1. The second-order valence-corrected chi connectivity index (χ2v) is 4.67. The normalized spacial score (nSPS) is 12.5. The molecule has 0 aliphatic carbocycles. The average molecular weight is 260 g/mol. The minimum Gasteiger partial charge on any atom is -0.456 e. The van der Waals surface area contributed by atoms with Crippen molar-refractivity contribution in [3.05, 3.63) is 23.7 Å². The van der Waals surface area contributed by atoms with Gasteiger partial charge in [0, 0.05) is 17.8 Å². The summed E-state index contributed by atoms with van der Waals surface area (Å²) < 4.78 is 5.30. The molecule has 0 aliphatic heterocycles. The van der Waals surface area contributed by atoms with Gasteiger partial charge in [0.05, 0.1) is 0 Å². The van der Waals surface area contributed by atoms with E-state index in [1.165, 1.54) is 0 Å². The number of nitrogens with one attached hydrogen (secondary N) is 1. The summed E-state index contributed by atoms with van der Waals surface area (Å²) in [5.74, 6) is 1.06. The van der Waals surface area contributed by atoms with Gasteiger partial charge in [0.2, 0.25) is 0 Å². The van der Waals surface area contributed by atoms with Crippen LogP contribution in [0.4, 0.5) is 0 Å². The molecule has 14 heavy (non-hydrogen) atoms. The van der Waals surface area contributed by atoms with Gasteiger partial charge in [-0.3, -0.25) is 4.79 Å². The summed E-state index contributed by atoms with van der Waals surface area (Å²) in [6.07, 6.45) is 0.808. The molecule has 3 nitrogen and oxygen atoms in total. The molecule has 1 rings (SSSR count). The van der Waals surface area contributed by atoms with Crippen LogP contribution in [0.15, 0.2) is 16.5 Å². The lowest BCUT2D eigenvalue weighted by molar-refractivity contribution is 0.0925. The molecular formula is C10H14BrNO2. The molecule has 0 aliphatic rings. The summed E-state index contributed by atoms with van der Waals surface area (Å²) in [4.78, 5) is 11.7. The first kappa shape index (κ1) is 11.3. The molecule has 78 valence electrons. The van der Waals surface area contributed by atoms with Crippen molar-refractivity contribution in [3.63, 3.8) is 0 Å². The van der Waals surface area contributed by atoms with E-state index in [2.05, 4.69) is 21.2 Å². The quantitative estimate of drug-likeness (QED) is 0.844. The zero-order chi connectivity index (χ0) is 10.6. The molecule has 1 amide bonds. The van der Waals surface area contributed by atoms with Crippen LogP contribution in [0.1, 0.15) is 30.2 Å². The van der Waals surface area contributed by atoms with Gasteiger partial charge < -0.3 is 9.73 Å². The molecule has 0 spiro atoms. The first-order valence-electron chi connectivity index (χ1n) is 4.64. The van der Waals surface area contributed by atoms with Gasteiger partial charge in [-0.1, -0.05) is 29.8 Å². The third kappa shape index (κ3) is 3.18. The van der Waals surface area contributed by atoms with E-state index in [1.807, 2.05) is 19.9 Å². The Bertz CT molecular complexity index is 307. The summed E-state index contributed by atoms with van der Waals surface area (Å²) in [5, 5.41) is 2.76. The van der Waals surface area contributed by atoms with Crippen LogP contribution in [-0.4, -0.2) is 17.3 Å². The van der Waals surface area contributed by atoms with Gasteiger partial charge in [0.15, 0.2) is 5.76 Å². The topological polar surface area (TPSA) is 42.2 Å². The molecule has 1 N–H and O–H groups in total. The summed E-state index contributed by atoms with van der Waals surface area (Å²) in [6.45, 7) is 4.56. The van der Waals surface area contributed by atoms with Crippen molar-refractivity contribution in [1.29, 1.82) is 0 Å². The van der Waals surface area contributed by atoms with Crippen LogP contribution in [0.3, 0.4) is 0 Å². The van der Waals surface area contributed by atoms with E-state index in [9.17, 15) is 4.79 Å². The third-order valence-corrected chi connectivity index (χ3v) is 2.10. The molecule has 1 aromatic heterocycles. The second-order valence-electron chi connectivity index (χ2n) is 3.11. The van der Waals surface area contributed by atoms with Crippen molar-refractivity contribution in [2.45, 2.75) is 25.1 Å². The van der Waals surface area contributed by atoms with Crippen LogP contribution in [0.5, 0.6) is 0 Å². The van der Waals surface area contributed by atoms with E-state index < -0.39 is 0 Å². The summed E-state index contributed by atoms with van der Waals surface area (Å²) in [5.41, 5.74) is 0. The van der Waals surface area contributed by atoms with Gasteiger partial charge in [0.1, 0.15) is 5.76 Å². The van der Waals surface area contributed by atoms with Crippen molar-refractivity contribution in [2.75, 3.05) is 6.54 Å². The lowest BCUT2D eigenvalue weighted by atomic mass is 10.3. The molecule has 0 bridgehead atoms. The predicted molar refractivity (Wildman–Crippen MR) is 58.8 cm³/mol. The molecule has 0 aromatic carbocycles. The Balaban J connectivity index is 2.52. The largest absolute Gasteiger partial charge is 0.456 e. The number of halogens is 1. The number of amides is 1. The smallest absolute Gasteiger partial charge is 0.287 e. The van der Waals surface area contributed by atoms with Gasteiger partial charge in [-0.15, -0.1) is 0 Å². The van der Waals surface area contributed by atoms with Crippen molar-refractivity contribution >= 4 is 21.8 Å². The summed E-state index contributed by atoms with van der Waals surface area (Å²) in [6, 6.07) is 3.53. The first-order chi connectivity index (χ1) is 6.63. The fourth-order valence-electron chi connectivity index (χ4n) is 1.01. The molecule has 0 fully saturated rings. The van der Waals surface area contributed by atoms with Gasteiger partial charge in [-0.2, -0.15) is 0 Å². The average Bonchev–Trinajstić information content (AvgIpc) is 2.62. The standard InChI is InChI=1S/C10H14BrNO2/c1-3-8-4-5-9(14-8)10(13)12-6-7(2)11/h4-5,7H,3,6H2,1-2H3,(H,12,13). The van der Waals surface area contributed by atoms with Crippen LogP contribution < -0.4 is 5.32 Å². The fourth-order valence-corrected chi connectivity index (χ4v) is 1.17. The van der Waals surface area contributed by atoms with Gasteiger partial charge in [-0.05, 0) is 12.1 Å². The zero-order valence-corrected chi connectivity index (χ0v) is 9.93. The van der Waals surface area contributed by atoms with Crippen LogP contribution in [0.25, 0.3) is 0 Å². The monoisotopic (exact) mass is 259 g/mol. The van der Waals surface area contributed by atoms with Crippen molar-refractivity contribution in [1.82, 2.24) is 5.32 Å². The Labute approximate surface area is 92.0 Å². The van der Waals surface area contributed by atoms with E-state index in [1.54, 1.807) is 6.07 Å². The predicted octanol–water partition coefficient (Wildman–Crippen LogP) is 2.36. The molecule has 1 aromatic rings. The Morgan fingerprint density at radius 1 is 1.64 bits per heavy atom. The number of carbonyl (C=O) groups is 1. The molecule has 1 atom stereocenters. The first-order valence-corrected chi connectivity index (χ1v) is 5.56. The highest BCUT2D eigenvalue weighted by Crippen LogP contribution is 2.08. The number of aryl methyl sites for hydroxylation is 1. The molecular weight excluding hydrogens is 246 g/mol. The molecule has 1 unspecified atom stereocenters. The fraction of sp³-hybridized carbons (Fsp3) is 0.500. The van der Waals surface area contributed by atoms with Crippen molar-refractivity contribution in [3.8, 4) is 0 Å². The molecule has 0 saturated carbocycles. The van der Waals surface area contributed by atoms with Crippen LogP contribution >= 0.6 is 15.9 Å². The maximum atomic E-state index is 11.5. The second kappa shape index (κ2) is 5.20. The van der Waals surface area contributed by atoms with E-state index in [0.717, 1.165) is 12.2 Å². The Hall–Kier alpha value is -0.770. The SMILES string of the molecule is CCc1ccc(C(=O)NCC(C)Br)o1. The molecule has 4 heteroatoms. The Kier molecular flexibility index (Phi) is 4.20.